The van der Waals surface area contributed by atoms with Crippen LogP contribution in [0.1, 0.15) is 32.6 Å². The minimum atomic E-state index is -0.545. The van der Waals surface area contributed by atoms with Crippen LogP contribution in [-0.4, -0.2) is 30.3 Å². The molecular formula is C15H26N2O2S. The first-order valence-electron chi connectivity index (χ1n) is 7.01. The van der Waals surface area contributed by atoms with E-state index in [0.29, 0.717) is 12.5 Å². The number of nitrogens with one attached hydrogen (secondary N) is 2. The Morgan fingerprint density at radius 2 is 2.00 bits per heavy atom. The summed E-state index contributed by atoms with van der Waals surface area (Å²) in [6.45, 7) is 8.86. The second-order valence-corrected chi connectivity index (χ2v) is 7.39. The number of amides is 2. The van der Waals surface area contributed by atoms with E-state index in [1.165, 1.54) is 4.88 Å². The maximum absolute atomic E-state index is 11.7. The van der Waals surface area contributed by atoms with E-state index in [9.17, 15) is 9.90 Å². The molecule has 0 bridgehead atoms. The summed E-state index contributed by atoms with van der Waals surface area (Å²) in [5, 5.41) is 17.5. The highest BCUT2D eigenvalue weighted by molar-refractivity contribution is 7.09. The Hall–Kier alpha value is -1.07. The van der Waals surface area contributed by atoms with Crippen molar-refractivity contribution < 1.29 is 9.90 Å². The summed E-state index contributed by atoms with van der Waals surface area (Å²) in [5.74, 6) is 0.395. The molecule has 5 heteroatoms. The Morgan fingerprint density at radius 3 is 2.55 bits per heavy atom. The fourth-order valence-corrected chi connectivity index (χ4v) is 2.54. The van der Waals surface area contributed by atoms with Gasteiger partial charge in [0.25, 0.3) is 0 Å². The lowest BCUT2D eigenvalue weighted by molar-refractivity contribution is 0.0649. The molecule has 1 aromatic rings. The third-order valence-corrected chi connectivity index (χ3v) is 4.10. The minimum Gasteiger partial charge on any atom is -0.391 e. The number of aliphatic hydroxyl groups is 1. The number of hydrogen-bond donors (Lipinski definition) is 3. The maximum atomic E-state index is 11.7. The standard InChI is InChI=1S/C15H26N2O2S/c1-11(8-12-6-5-7-20-12)9-16-14(19)17-10-13(18)15(2,3)4/h5-7,11,13,18H,8-10H2,1-4H3,(H2,16,17,19). The van der Waals surface area contributed by atoms with Crippen LogP contribution < -0.4 is 10.6 Å². The maximum Gasteiger partial charge on any atom is 0.314 e. The molecule has 0 aliphatic rings. The highest BCUT2D eigenvalue weighted by Crippen LogP contribution is 2.18. The fourth-order valence-electron chi connectivity index (χ4n) is 1.67. The van der Waals surface area contributed by atoms with Gasteiger partial charge in [0.1, 0.15) is 0 Å². The van der Waals surface area contributed by atoms with Crippen molar-refractivity contribution in [2.75, 3.05) is 13.1 Å². The van der Waals surface area contributed by atoms with Crippen LogP contribution >= 0.6 is 11.3 Å². The average Bonchev–Trinajstić information content (AvgIpc) is 2.84. The first-order valence-corrected chi connectivity index (χ1v) is 7.89. The molecule has 1 rings (SSSR count). The Balaban J connectivity index is 2.19. The first-order chi connectivity index (χ1) is 9.29. The van der Waals surface area contributed by atoms with E-state index in [2.05, 4.69) is 29.0 Å². The third-order valence-electron chi connectivity index (χ3n) is 3.20. The van der Waals surface area contributed by atoms with E-state index >= 15 is 0 Å². The lowest BCUT2D eigenvalue weighted by Gasteiger charge is -2.26. The van der Waals surface area contributed by atoms with Gasteiger partial charge in [0.05, 0.1) is 6.10 Å². The summed E-state index contributed by atoms with van der Waals surface area (Å²) in [5.41, 5.74) is -0.222. The van der Waals surface area contributed by atoms with Crippen molar-refractivity contribution in [3.63, 3.8) is 0 Å². The van der Waals surface area contributed by atoms with Crippen molar-refractivity contribution in [3.05, 3.63) is 22.4 Å². The number of carbonyl (C=O) groups is 1. The Labute approximate surface area is 125 Å². The van der Waals surface area contributed by atoms with Crippen LogP contribution in [-0.2, 0) is 6.42 Å². The molecule has 0 fully saturated rings. The molecular weight excluding hydrogens is 272 g/mol. The van der Waals surface area contributed by atoms with Gasteiger partial charge in [-0.2, -0.15) is 0 Å². The molecule has 0 saturated carbocycles. The largest absolute Gasteiger partial charge is 0.391 e. The quantitative estimate of drug-likeness (QED) is 0.756. The van der Waals surface area contributed by atoms with Gasteiger partial charge in [-0.3, -0.25) is 0 Å². The molecule has 0 aliphatic heterocycles. The van der Waals surface area contributed by atoms with Crippen molar-refractivity contribution in [2.45, 2.75) is 40.2 Å². The van der Waals surface area contributed by atoms with Gasteiger partial charge >= 0.3 is 6.03 Å². The highest BCUT2D eigenvalue weighted by Gasteiger charge is 2.22. The van der Waals surface area contributed by atoms with Crippen LogP contribution in [0.4, 0.5) is 4.79 Å². The topological polar surface area (TPSA) is 61.4 Å². The summed E-state index contributed by atoms with van der Waals surface area (Å²) in [6.07, 6.45) is 0.430. The fraction of sp³-hybridized carbons (Fsp3) is 0.667. The Bertz CT molecular complexity index is 399. The first kappa shape index (κ1) is 17.0. The monoisotopic (exact) mass is 298 g/mol. The second-order valence-electron chi connectivity index (χ2n) is 6.36. The number of rotatable bonds is 6. The zero-order valence-corrected chi connectivity index (χ0v) is 13.6. The molecule has 3 N–H and O–H groups in total. The van der Waals surface area contributed by atoms with E-state index in [1.807, 2.05) is 26.8 Å². The highest BCUT2D eigenvalue weighted by atomic mass is 32.1. The van der Waals surface area contributed by atoms with Crippen LogP contribution in [0.3, 0.4) is 0 Å². The van der Waals surface area contributed by atoms with Gasteiger partial charge in [0.15, 0.2) is 0 Å². The number of thiophene rings is 1. The van der Waals surface area contributed by atoms with E-state index in [0.717, 1.165) is 6.42 Å². The molecule has 2 amide bonds. The van der Waals surface area contributed by atoms with Gasteiger partial charge in [-0.15, -0.1) is 11.3 Å². The smallest absolute Gasteiger partial charge is 0.314 e. The van der Waals surface area contributed by atoms with E-state index in [4.69, 9.17) is 0 Å². The minimum absolute atomic E-state index is 0.216. The number of carbonyl (C=O) groups excluding carboxylic acids is 1. The summed E-state index contributed by atoms with van der Waals surface area (Å²) in [6, 6.07) is 3.94. The molecule has 4 nitrogen and oxygen atoms in total. The van der Waals surface area contributed by atoms with Crippen molar-refractivity contribution in [2.24, 2.45) is 11.3 Å². The van der Waals surface area contributed by atoms with Gasteiger partial charge < -0.3 is 15.7 Å². The second kappa shape index (κ2) is 7.64. The van der Waals surface area contributed by atoms with Crippen LogP contribution in [0.2, 0.25) is 0 Å². The number of hydrogen-bond acceptors (Lipinski definition) is 3. The van der Waals surface area contributed by atoms with Gasteiger partial charge in [-0.1, -0.05) is 33.8 Å². The van der Waals surface area contributed by atoms with Crippen LogP contribution in [0.15, 0.2) is 17.5 Å². The Kier molecular flexibility index (Phi) is 6.49. The number of urea groups is 1. The van der Waals surface area contributed by atoms with Crippen LogP contribution in [0.5, 0.6) is 0 Å². The lowest BCUT2D eigenvalue weighted by Crippen LogP contribution is -2.44. The molecule has 114 valence electrons. The number of aliphatic hydroxyl groups excluding tert-OH is 1. The van der Waals surface area contributed by atoms with Crippen molar-refractivity contribution in [1.82, 2.24) is 10.6 Å². The van der Waals surface area contributed by atoms with E-state index in [-0.39, 0.29) is 18.0 Å². The summed E-state index contributed by atoms with van der Waals surface area (Å²) in [7, 11) is 0. The summed E-state index contributed by atoms with van der Waals surface area (Å²) in [4.78, 5) is 13.0. The predicted octanol–water partition coefficient (Wildman–Crippen LogP) is 2.63. The molecule has 0 spiro atoms. The van der Waals surface area contributed by atoms with Crippen molar-refractivity contribution >= 4 is 17.4 Å². The van der Waals surface area contributed by atoms with Crippen LogP contribution in [0.25, 0.3) is 0 Å². The average molecular weight is 298 g/mol. The zero-order valence-electron chi connectivity index (χ0n) is 12.8. The molecule has 2 unspecified atom stereocenters. The van der Waals surface area contributed by atoms with Gasteiger partial charge in [0.2, 0.25) is 0 Å². The lowest BCUT2D eigenvalue weighted by atomic mass is 9.89. The molecule has 0 aromatic carbocycles. The zero-order chi connectivity index (χ0) is 15.2. The SMILES string of the molecule is CC(CNC(=O)NCC(O)C(C)(C)C)Cc1cccs1. The van der Waals surface area contributed by atoms with Gasteiger partial charge in [0, 0.05) is 18.0 Å². The van der Waals surface area contributed by atoms with Crippen molar-refractivity contribution in [1.29, 1.82) is 0 Å². The molecule has 0 aliphatic carbocycles. The summed E-state index contributed by atoms with van der Waals surface area (Å²) < 4.78 is 0. The van der Waals surface area contributed by atoms with Gasteiger partial charge in [-0.25, -0.2) is 4.79 Å². The van der Waals surface area contributed by atoms with E-state index in [1.54, 1.807) is 11.3 Å². The summed E-state index contributed by atoms with van der Waals surface area (Å²) >= 11 is 1.74. The van der Waals surface area contributed by atoms with Crippen molar-refractivity contribution in [3.8, 4) is 0 Å². The molecule has 0 radical (unpaired) electrons. The normalized spacial score (nSPS) is 14.7. The molecule has 0 saturated heterocycles. The van der Waals surface area contributed by atoms with Gasteiger partial charge in [-0.05, 0) is 29.2 Å². The molecule has 20 heavy (non-hydrogen) atoms. The predicted molar refractivity (Wildman–Crippen MR) is 84.1 cm³/mol. The molecule has 1 aromatic heterocycles. The third kappa shape index (κ3) is 6.39. The van der Waals surface area contributed by atoms with Crippen LogP contribution in [0, 0.1) is 11.3 Å². The Morgan fingerprint density at radius 1 is 1.35 bits per heavy atom. The molecule has 1 heterocycles. The molecule has 2 atom stereocenters. The van der Waals surface area contributed by atoms with E-state index < -0.39 is 6.10 Å².